The van der Waals surface area contributed by atoms with Gasteiger partial charge in [0, 0.05) is 12.6 Å². The summed E-state index contributed by atoms with van der Waals surface area (Å²) in [5.74, 6) is -0.523. The topological polar surface area (TPSA) is 82.5 Å². The van der Waals surface area contributed by atoms with E-state index >= 15 is 0 Å². The Morgan fingerprint density at radius 2 is 2.48 bits per heavy atom. The fourth-order valence-corrected chi connectivity index (χ4v) is 2.62. The number of carbonyl (C=O) groups excluding carboxylic acids is 1. The van der Waals surface area contributed by atoms with E-state index < -0.39 is 5.97 Å². The van der Waals surface area contributed by atoms with Gasteiger partial charge >= 0.3 is 5.97 Å². The monoisotopic (exact) mass is 359 g/mol. The molecule has 0 bridgehead atoms. The molecule has 0 spiro atoms. The van der Waals surface area contributed by atoms with Crippen molar-refractivity contribution in [2.24, 2.45) is 0 Å². The molecule has 8 heteroatoms. The molecule has 0 aromatic carbocycles. The van der Waals surface area contributed by atoms with Crippen LogP contribution in [0.2, 0.25) is 0 Å². The van der Waals surface area contributed by atoms with Crippen LogP contribution in [0.3, 0.4) is 0 Å². The van der Waals surface area contributed by atoms with E-state index in [4.69, 9.17) is 4.74 Å². The molecule has 0 amide bonds. The maximum Gasteiger partial charge on any atom is 0.327 e. The standard InChI is InChI=1S/C13H18BrN3O4/c1-8(10-4-3-5-21-10)16-9-6-15-17(7-11(18)20-2)13(19)12(9)14/h6,8,10,16H,3-5,7H2,1-2H3. The Balaban J connectivity index is 2.12. The number of carbonyl (C=O) groups is 1. The van der Waals surface area contributed by atoms with Gasteiger partial charge in [-0.15, -0.1) is 0 Å². The van der Waals surface area contributed by atoms with Crippen molar-refractivity contribution >= 4 is 27.6 Å². The minimum atomic E-state index is -0.523. The molecular formula is C13H18BrN3O4. The molecule has 1 aliphatic heterocycles. The van der Waals surface area contributed by atoms with Crippen LogP contribution < -0.4 is 10.9 Å². The van der Waals surface area contributed by atoms with E-state index in [-0.39, 0.29) is 24.2 Å². The average Bonchev–Trinajstić information content (AvgIpc) is 3.01. The second-order valence-corrected chi connectivity index (χ2v) is 5.69. The molecule has 2 unspecified atom stereocenters. The van der Waals surface area contributed by atoms with Crippen LogP contribution in [0.25, 0.3) is 0 Å². The van der Waals surface area contributed by atoms with Crippen molar-refractivity contribution in [3.63, 3.8) is 0 Å². The Labute approximate surface area is 130 Å². The summed E-state index contributed by atoms with van der Waals surface area (Å²) in [6.07, 6.45) is 3.70. The van der Waals surface area contributed by atoms with Crippen LogP contribution in [0.5, 0.6) is 0 Å². The van der Waals surface area contributed by atoms with Gasteiger partial charge in [-0.3, -0.25) is 9.59 Å². The highest BCUT2D eigenvalue weighted by Gasteiger charge is 2.23. The predicted octanol–water partition coefficient (Wildman–Crippen LogP) is 1.16. The minimum absolute atomic E-state index is 0.0708. The number of halogens is 1. The van der Waals surface area contributed by atoms with Gasteiger partial charge in [0.1, 0.15) is 11.0 Å². The highest BCUT2D eigenvalue weighted by Crippen LogP contribution is 2.22. The fraction of sp³-hybridized carbons (Fsp3) is 0.615. The summed E-state index contributed by atoms with van der Waals surface area (Å²) in [5, 5.41) is 7.20. The second-order valence-electron chi connectivity index (χ2n) is 4.90. The van der Waals surface area contributed by atoms with Gasteiger partial charge < -0.3 is 14.8 Å². The van der Waals surface area contributed by atoms with Crippen molar-refractivity contribution in [1.29, 1.82) is 0 Å². The zero-order chi connectivity index (χ0) is 15.4. The third-order valence-electron chi connectivity index (χ3n) is 3.40. The number of aromatic nitrogens is 2. The van der Waals surface area contributed by atoms with Crippen LogP contribution in [0.1, 0.15) is 19.8 Å². The van der Waals surface area contributed by atoms with E-state index in [1.807, 2.05) is 6.92 Å². The van der Waals surface area contributed by atoms with Crippen LogP contribution in [0.15, 0.2) is 15.5 Å². The summed E-state index contributed by atoms with van der Waals surface area (Å²) < 4.78 is 11.5. The van der Waals surface area contributed by atoms with Gasteiger partial charge in [-0.05, 0) is 35.7 Å². The number of esters is 1. The van der Waals surface area contributed by atoms with E-state index in [9.17, 15) is 9.59 Å². The minimum Gasteiger partial charge on any atom is -0.468 e. The number of rotatable bonds is 5. The molecule has 0 saturated carbocycles. The van der Waals surface area contributed by atoms with Gasteiger partial charge in [0.2, 0.25) is 0 Å². The number of nitrogens with zero attached hydrogens (tertiary/aromatic N) is 2. The van der Waals surface area contributed by atoms with Gasteiger partial charge in [-0.2, -0.15) is 5.10 Å². The quantitative estimate of drug-likeness (QED) is 0.794. The summed E-state index contributed by atoms with van der Waals surface area (Å²) in [6.45, 7) is 2.56. The normalized spacial score (nSPS) is 19.3. The van der Waals surface area contributed by atoms with Crippen molar-refractivity contribution in [3.05, 3.63) is 21.0 Å². The van der Waals surface area contributed by atoms with Gasteiger partial charge in [0.15, 0.2) is 0 Å². The molecule has 21 heavy (non-hydrogen) atoms. The number of hydrogen-bond donors (Lipinski definition) is 1. The summed E-state index contributed by atoms with van der Waals surface area (Å²) in [7, 11) is 1.27. The number of hydrogen-bond acceptors (Lipinski definition) is 6. The SMILES string of the molecule is COC(=O)Cn1ncc(NC(C)C2CCCO2)c(Br)c1=O. The van der Waals surface area contributed by atoms with Crippen LogP contribution in [0, 0.1) is 0 Å². The van der Waals surface area contributed by atoms with Crippen molar-refractivity contribution < 1.29 is 14.3 Å². The Kier molecular flexibility index (Phi) is 5.35. The van der Waals surface area contributed by atoms with Crippen molar-refractivity contribution in [1.82, 2.24) is 9.78 Å². The molecule has 1 saturated heterocycles. The Hall–Kier alpha value is -1.41. The maximum atomic E-state index is 12.1. The second kappa shape index (κ2) is 7.04. The third-order valence-corrected chi connectivity index (χ3v) is 4.16. The Bertz CT molecular complexity index is 569. The van der Waals surface area contributed by atoms with Crippen LogP contribution in [0.4, 0.5) is 5.69 Å². The molecule has 2 atom stereocenters. The van der Waals surface area contributed by atoms with E-state index in [1.165, 1.54) is 13.3 Å². The van der Waals surface area contributed by atoms with E-state index in [0.29, 0.717) is 10.2 Å². The first kappa shape index (κ1) is 16.0. The number of anilines is 1. The zero-order valence-corrected chi connectivity index (χ0v) is 13.6. The molecule has 1 fully saturated rings. The predicted molar refractivity (Wildman–Crippen MR) is 80.3 cm³/mol. The first-order valence-electron chi connectivity index (χ1n) is 6.73. The Morgan fingerprint density at radius 3 is 3.10 bits per heavy atom. The number of nitrogens with one attached hydrogen (secondary N) is 1. The molecule has 1 aliphatic rings. The molecule has 1 N–H and O–H groups in total. The largest absolute Gasteiger partial charge is 0.468 e. The molecule has 0 aliphatic carbocycles. The molecule has 2 rings (SSSR count). The van der Waals surface area contributed by atoms with Gasteiger partial charge in [0.05, 0.1) is 25.1 Å². The van der Waals surface area contributed by atoms with Crippen molar-refractivity contribution in [2.45, 2.75) is 38.5 Å². The lowest BCUT2D eigenvalue weighted by Gasteiger charge is -2.21. The van der Waals surface area contributed by atoms with E-state index in [0.717, 1.165) is 24.1 Å². The third kappa shape index (κ3) is 3.82. The highest BCUT2D eigenvalue weighted by molar-refractivity contribution is 9.10. The molecule has 2 heterocycles. The number of ether oxygens (including phenoxy) is 2. The first-order chi connectivity index (χ1) is 10.0. The summed E-state index contributed by atoms with van der Waals surface area (Å²) in [4.78, 5) is 23.3. The average molecular weight is 360 g/mol. The lowest BCUT2D eigenvalue weighted by molar-refractivity contribution is -0.141. The Morgan fingerprint density at radius 1 is 1.71 bits per heavy atom. The molecule has 116 valence electrons. The smallest absolute Gasteiger partial charge is 0.327 e. The van der Waals surface area contributed by atoms with Gasteiger partial charge in [-0.1, -0.05) is 0 Å². The van der Waals surface area contributed by atoms with E-state index in [2.05, 4.69) is 31.1 Å². The molecule has 1 aromatic heterocycles. The lowest BCUT2D eigenvalue weighted by Crippen LogP contribution is -2.33. The summed E-state index contributed by atoms with van der Waals surface area (Å²) >= 11 is 3.25. The first-order valence-corrected chi connectivity index (χ1v) is 7.52. The zero-order valence-electron chi connectivity index (χ0n) is 12.0. The van der Waals surface area contributed by atoms with Crippen LogP contribution >= 0.6 is 15.9 Å². The van der Waals surface area contributed by atoms with Crippen LogP contribution in [-0.4, -0.2) is 41.6 Å². The lowest BCUT2D eigenvalue weighted by atomic mass is 10.1. The molecule has 1 aromatic rings. The fourth-order valence-electron chi connectivity index (χ4n) is 2.20. The van der Waals surface area contributed by atoms with Gasteiger partial charge in [-0.25, -0.2) is 4.68 Å². The van der Waals surface area contributed by atoms with Crippen LogP contribution in [-0.2, 0) is 20.8 Å². The van der Waals surface area contributed by atoms with Crippen molar-refractivity contribution in [2.75, 3.05) is 19.0 Å². The highest BCUT2D eigenvalue weighted by atomic mass is 79.9. The summed E-state index contributed by atoms with van der Waals surface area (Å²) in [5.41, 5.74) is 0.203. The van der Waals surface area contributed by atoms with Crippen molar-refractivity contribution in [3.8, 4) is 0 Å². The summed E-state index contributed by atoms with van der Waals surface area (Å²) in [6, 6.07) is 0.0708. The molecular weight excluding hydrogens is 342 g/mol. The maximum absolute atomic E-state index is 12.1. The number of methoxy groups -OCH3 is 1. The molecule has 0 radical (unpaired) electrons. The van der Waals surface area contributed by atoms with Gasteiger partial charge in [0.25, 0.3) is 5.56 Å². The van der Waals surface area contributed by atoms with E-state index in [1.54, 1.807) is 0 Å². The molecule has 7 nitrogen and oxygen atoms in total.